The van der Waals surface area contributed by atoms with Crippen LogP contribution >= 0.6 is 0 Å². The molecule has 0 heterocycles. The average Bonchev–Trinajstić information content (AvgIpc) is 2.39. The van der Waals surface area contributed by atoms with Crippen molar-refractivity contribution in [2.75, 3.05) is 0 Å². The highest BCUT2D eigenvalue weighted by Crippen LogP contribution is 2.30. The van der Waals surface area contributed by atoms with Gasteiger partial charge in [-0.05, 0) is 62.3 Å². The van der Waals surface area contributed by atoms with Crippen LogP contribution in [0.3, 0.4) is 0 Å². The molecule has 0 aliphatic heterocycles. The summed E-state index contributed by atoms with van der Waals surface area (Å²) >= 11 is 0. The first-order chi connectivity index (χ1) is 13.4. The molecule has 0 aromatic heterocycles. The largest absolute Gasteiger partial charge is 0.514 e. The van der Waals surface area contributed by atoms with Crippen LogP contribution in [0.4, 0.5) is 14.4 Å². The molecule has 0 aliphatic carbocycles. The Morgan fingerprint density at radius 1 is 0.500 bits per heavy atom. The van der Waals surface area contributed by atoms with Crippen molar-refractivity contribution in [2.24, 2.45) is 0 Å². The Labute approximate surface area is 176 Å². The Kier molecular flexibility index (Phi) is 7.71. The summed E-state index contributed by atoms with van der Waals surface area (Å²) in [6.07, 6.45) is -2.96. The molecule has 0 aliphatic rings. The molecule has 0 saturated carbocycles. The number of carbonyl (C=O) groups excluding carboxylic acids is 3. The average molecular weight is 426 g/mol. The summed E-state index contributed by atoms with van der Waals surface area (Å²) in [5, 5.41) is 0. The van der Waals surface area contributed by atoms with Crippen molar-refractivity contribution in [1.29, 1.82) is 0 Å². The molecular formula is C21H30O9. The van der Waals surface area contributed by atoms with Gasteiger partial charge in [0, 0.05) is 18.2 Å². The Hall–Kier alpha value is -2.97. The lowest BCUT2D eigenvalue weighted by Gasteiger charge is -2.20. The van der Waals surface area contributed by atoms with Crippen molar-refractivity contribution in [2.45, 2.75) is 79.1 Å². The predicted molar refractivity (Wildman–Crippen MR) is 107 cm³/mol. The summed E-state index contributed by atoms with van der Waals surface area (Å²) in [5.41, 5.74) is -2.34. The summed E-state index contributed by atoms with van der Waals surface area (Å²) in [6.45, 7) is 15.1. The molecule has 1 aromatic carbocycles. The van der Waals surface area contributed by atoms with Gasteiger partial charge in [-0.1, -0.05) is 0 Å². The maximum absolute atomic E-state index is 12.0. The van der Waals surface area contributed by atoms with Gasteiger partial charge in [-0.15, -0.1) is 0 Å². The monoisotopic (exact) mass is 426 g/mol. The molecule has 0 spiro atoms. The zero-order valence-corrected chi connectivity index (χ0v) is 18.9. The van der Waals surface area contributed by atoms with E-state index in [1.165, 1.54) is 18.2 Å². The molecular weight excluding hydrogens is 396 g/mol. The van der Waals surface area contributed by atoms with E-state index in [9.17, 15) is 14.4 Å². The topological polar surface area (TPSA) is 107 Å². The summed E-state index contributed by atoms with van der Waals surface area (Å²) in [4.78, 5) is 35.9. The minimum atomic E-state index is -0.986. The molecule has 9 heteroatoms. The van der Waals surface area contributed by atoms with Crippen molar-refractivity contribution in [3.8, 4) is 17.2 Å². The second kappa shape index (κ2) is 9.23. The van der Waals surface area contributed by atoms with Crippen LogP contribution in [-0.4, -0.2) is 35.3 Å². The lowest BCUT2D eigenvalue weighted by molar-refractivity contribution is 0.0203. The van der Waals surface area contributed by atoms with Crippen LogP contribution in [0, 0.1) is 0 Å². The Bertz CT molecular complexity index is 660. The van der Waals surface area contributed by atoms with Gasteiger partial charge in [-0.2, -0.15) is 0 Å². The van der Waals surface area contributed by atoms with Crippen molar-refractivity contribution in [3.05, 3.63) is 18.2 Å². The zero-order chi connectivity index (χ0) is 23.3. The Morgan fingerprint density at radius 2 is 0.700 bits per heavy atom. The van der Waals surface area contributed by atoms with E-state index in [0.29, 0.717) is 0 Å². The van der Waals surface area contributed by atoms with E-state index < -0.39 is 35.3 Å². The first kappa shape index (κ1) is 25.1. The second-order valence-corrected chi connectivity index (χ2v) is 9.34. The van der Waals surface area contributed by atoms with Gasteiger partial charge in [0.05, 0.1) is 0 Å². The van der Waals surface area contributed by atoms with Crippen LogP contribution in [0.25, 0.3) is 0 Å². The van der Waals surface area contributed by atoms with Crippen LogP contribution < -0.4 is 14.2 Å². The summed E-state index contributed by atoms with van der Waals surface area (Å²) in [5.74, 6) is -0.239. The van der Waals surface area contributed by atoms with E-state index in [-0.39, 0.29) is 17.2 Å². The van der Waals surface area contributed by atoms with Crippen LogP contribution in [0.1, 0.15) is 62.3 Å². The minimum absolute atomic E-state index is 0.0798. The van der Waals surface area contributed by atoms with Gasteiger partial charge in [-0.3, -0.25) is 0 Å². The fraction of sp³-hybridized carbons (Fsp3) is 0.571. The Morgan fingerprint density at radius 3 is 0.867 bits per heavy atom. The lowest BCUT2D eigenvalue weighted by atomic mass is 10.2. The Balaban J connectivity index is 3.09. The van der Waals surface area contributed by atoms with Crippen molar-refractivity contribution in [3.63, 3.8) is 0 Å². The maximum atomic E-state index is 12.0. The third kappa shape index (κ3) is 11.1. The number of ether oxygens (including phenoxy) is 6. The van der Waals surface area contributed by atoms with Crippen LogP contribution in [0.2, 0.25) is 0 Å². The van der Waals surface area contributed by atoms with Gasteiger partial charge in [0.15, 0.2) is 0 Å². The third-order valence-corrected chi connectivity index (χ3v) is 2.63. The van der Waals surface area contributed by atoms with E-state index in [1.807, 2.05) is 0 Å². The minimum Gasteiger partial charge on any atom is -0.428 e. The smallest absolute Gasteiger partial charge is 0.428 e. The summed E-state index contributed by atoms with van der Waals surface area (Å²) in [6, 6.07) is 3.74. The van der Waals surface area contributed by atoms with Crippen LogP contribution in [0.5, 0.6) is 17.2 Å². The SMILES string of the molecule is CC(C)(C)OC(=O)Oc1cc(OC(=O)OC(C)(C)C)cc(OC(=O)OC(C)(C)C)c1. The molecule has 0 unspecified atom stereocenters. The summed E-state index contributed by atoms with van der Waals surface area (Å²) < 4.78 is 30.6. The molecule has 0 bridgehead atoms. The van der Waals surface area contributed by atoms with Gasteiger partial charge >= 0.3 is 18.5 Å². The fourth-order valence-electron chi connectivity index (χ4n) is 1.82. The quantitative estimate of drug-likeness (QED) is 0.345. The number of rotatable bonds is 3. The first-order valence-electron chi connectivity index (χ1n) is 9.29. The van der Waals surface area contributed by atoms with Crippen LogP contribution in [0.15, 0.2) is 18.2 Å². The number of benzene rings is 1. The van der Waals surface area contributed by atoms with Gasteiger partial charge < -0.3 is 28.4 Å². The molecule has 168 valence electrons. The van der Waals surface area contributed by atoms with E-state index in [4.69, 9.17) is 28.4 Å². The molecule has 0 saturated heterocycles. The highest BCUT2D eigenvalue weighted by Gasteiger charge is 2.23. The normalized spacial score (nSPS) is 11.9. The molecule has 30 heavy (non-hydrogen) atoms. The zero-order valence-electron chi connectivity index (χ0n) is 18.9. The first-order valence-corrected chi connectivity index (χ1v) is 9.29. The molecule has 9 nitrogen and oxygen atoms in total. The number of hydrogen-bond donors (Lipinski definition) is 0. The molecule has 0 atom stereocenters. The van der Waals surface area contributed by atoms with Crippen molar-refractivity contribution < 1.29 is 42.8 Å². The summed E-state index contributed by atoms with van der Waals surface area (Å²) in [7, 11) is 0. The highest BCUT2D eigenvalue weighted by atomic mass is 16.7. The number of hydrogen-bond acceptors (Lipinski definition) is 9. The lowest BCUT2D eigenvalue weighted by Crippen LogP contribution is -2.27. The third-order valence-electron chi connectivity index (χ3n) is 2.63. The van der Waals surface area contributed by atoms with Gasteiger partial charge in [0.1, 0.15) is 34.1 Å². The standard InChI is InChI=1S/C21H30O9/c1-19(2,3)28-16(22)25-13-10-14(26-17(23)29-20(4,5)6)12-15(11-13)27-18(24)30-21(7,8)9/h10-12H,1-9H3. The van der Waals surface area contributed by atoms with Crippen molar-refractivity contribution in [1.82, 2.24) is 0 Å². The van der Waals surface area contributed by atoms with Crippen LogP contribution in [-0.2, 0) is 14.2 Å². The second-order valence-electron chi connectivity index (χ2n) is 9.34. The van der Waals surface area contributed by atoms with E-state index in [1.54, 1.807) is 62.3 Å². The molecule has 0 amide bonds. The number of carbonyl (C=O) groups is 3. The van der Waals surface area contributed by atoms with Gasteiger partial charge in [-0.25, -0.2) is 14.4 Å². The van der Waals surface area contributed by atoms with Crippen molar-refractivity contribution >= 4 is 18.5 Å². The highest BCUT2D eigenvalue weighted by molar-refractivity contribution is 5.69. The van der Waals surface area contributed by atoms with E-state index in [0.717, 1.165) is 0 Å². The molecule has 0 fully saturated rings. The van der Waals surface area contributed by atoms with E-state index >= 15 is 0 Å². The molecule has 0 N–H and O–H groups in total. The molecule has 1 aromatic rings. The maximum Gasteiger partial charge on any atom is 0.514 e. The fourth-order valence-corrected chi connectivity index (χ4v) is 1.82. The molecule has 1 rings (SSSR count). The van der Waals surface area contributed by atoms with E-state index in [2.05, 4.69) is 0 Å². The van der Waals surface area contributed by atoms with Gasteiger partial charge in [0.25, 0.3) is 0 Å². The predicted octanol–water partition coefficient (Wildman–Crippen LogP) is 5.63. The molecule has 0 radical (unpaired) electrons. The van der Waals surface area contributed by atoms with Gasteiger partial charge in [0.2, 0.25) is 0 Å².